The van der Waals surface area contributed by atoms with Crippen LogP contribution in [-0.2, 0) is 6.54 Å². The summed E-state index contributed by atoms with van der Waals surface area (Å²) in [5, 5.41) is 2.16. The molecule has 0 aromatic carbocycles. The van der Waals surface area contributed by atoms with Gasteiger partial charge in [0.1, 0.15) is 0 Å². The van der Waals surface area contributed by atoms with Gasteiger partial charge < -0.3 is 4.90 Å². The minimum absolute atomic E-state index is 0.896. The second-order valence-corrected chi connectivity index (χ2v) is 7.03. The molecule has 0 radical (unpaired) electrons. The highest BCUT2D eigenvalue weighted by Gasteiger charge is 2.20. The van der Waals surface area contributed by atoms with Crippen LogP contribution in [0.2, 0.25) is 0 Å². The maximum absolute atomic E-state index is 3.61. The predicted molar refractivity (Wildman–Crippen MR) is 78.6 cm³/mol. The third-order valence-corrected chi connectivity index (χ3v) is 5.30. The van der Waals surface area contributed by atoms with Crippen LogP contribution < -0.4 is 0 Å². The Labute approximate surface area is 117 Å². The van der Waals surface area contributed by atoms with E-state index in [2.05, 4.69) is 51.3 Å². The topological polar surface area (TPSA) is 6.48 Å². The molecule has 0 spiro atoms. The SMILES string of the molecule is CN(C)CC1CCN(Cc2sccc2Br)CC1. The predicted octanol–water partition coefficient (Wildman–Crippen LogP) is 3.28. The number of thiophene rings is 1. The summed E-state index contributed by atoms with van der Waals surface area (Å²) < 4.78 is 1.28. The number of piperidine rings is 1. The van der Waals surface area contributed by atoms with E-state index in [0.29, 0.717) is 0 Å². The van der Waals surface area contributed by atoms with Gasteiger partial charge in [0.05, 0.1) is 0 Å². The van der Waals surface area contributed by atoms with E-state index in [1.807, 2.05) is 11.3 Å². The number of rotatable bonds is 4. The fraction of sp³-hybridized carbons (Fsp3) is 0.692. The van der Waals surface area contributed by atoms with Gasteiger partial charge in [0, 0.05) is 22.4 Å². The average Bonchev–Trinajstić information content (AvgIpc) is 2.67. The summed E-state index contributed by atoms with van der Waals surface area (Å²) in [6, 6.07) is 2.15. The average molecular weight is 317 g/mol. The van der Waals surface area contributed by atoms with Crippen molar-refractivity contribution in [2.75, 3.05) is 33.7 Å². The van der Waals surface area contributed by atoms with Gasteiger partial charge in [0.25, 0.3) is 0 Å². The highest BCUT2D eigenvalue weighted by atomic mass is 79.9. The summed E-state index contributed by atoms with van der Waals surface area (Å²) in [6.45, 7) is 4.87. The standard InChI is InChI=1S/C13H21BrN2S/c1-15(2)9-11-3-6-16(7-4-11)10-13-12(14)5-8-17-13/h5,8,11H,3-4,6-7,9-10H2,1-2H3. The van der Waals surface area contributed by atoms with Crippen LogP contribution >= 0.6 is 27.3 Å². The molecule has 1 aromatic rings. The molecule has 0 bridgehead atoms. The summed E-state index contributed by atoms with van der Waals surface area (Å²) in [4.78, 5) is 6.37. The summed E-state index contributed by atoms with van der Waals surface area (Å²) in [7, 11) is 4.35. The summed E-state index contributed by atoms with van der Waals surface area (Å²) in [5.41, 5.74) is 0. The molecule has 1 fully saturated rings. The van der Waals surface area contributed by atoms with Gasteiger partial charge >= 0.3 is 0 Å². The Bertz CT molecular complexity index is 343. The maximum Gasteiger partial charge on any atom is 0.0339 e. The fourth-order valence-corrected chi connectivity index (χ4v) is 4.00. The van der Waals surface area contributed by atoms with Crippen molar-refractivity contribution in [1.82, 2.24) is 9.80 Å². The third kappa shape index (κ3) is 4.05. The second kappa shape index (κ2) is 6.32. The normalized spacial score (nSPS) is 19.1. The van der Waals surface area contributed by atoms with Crippen LogP contribution in [0.25, 0.3) is 0 Å². The molecule has 0 atom stereocenters. The van der Waals surface area contributed by atoms with Crippen LogP contribution in [0.5, 0.6) is 0 Å². The smallest absolute Gasteiger partial charge is 0.0339 e. The Morgan fingerprint density at radius 2 is 2.12 bits per heavy atom. The molecule has 2 nitrogen and oxygen atoms in total. The van der Waals surface area contributed by atoms with Gasteiger partial charge in [-0.05, 0) is 73.3 Å². The van der Waals surface area contributed by atoms with Gasteiger partial charge in [0.15, 0.2) is 0 Å². The third-order valence-electron chi connectivity index (χ3n) is 3.39. The molecular formula is C13H21BrN2S. The molecule has 0 unspecified atom stereocenters. The maximum atomic E-state index is 3.61. The molecule has 0 N–H and O–H groups in total. The van der Waals surface area contributed by atoms with Crippen molar-refractivity contribution in [1.29, 1.82) is 0 Å². The van der Waals surface area contributed by atoms with Gasteiger partial charge in [-0.2, -0.15) is 0 Å². The quantitative estimate of drug-likeness (QED) is 0.841. The molecule has 1 aliphatic rings. The molecule has 1 saturated heterocycles. The summed E-state index contributed by atoms with van der Waals surface area (Å²) in [6.07, 6.45) is 2.70. The number of hydrogen-bond acceptors (Lipinski definition) is 3. The number of likely N-dealkylation sites (tertiary alicyclic amines) is 1. The summed E-state index contributed by atoms with van der Waals surface area (Å²) in [5.74, 6) is 0.896. The van der Waals surface area contributed by atoms with Crippen LogP contribution in [0.3, 0.4) is 0 Å². The Kier molecular flexibility index (Phi) is 5.03. The van der Waals surface area contributed by atoms with Gasteiger partial charge in [-0.1, -0.05) is 0 Å². The van der Waals surface area contributed by atoms with E-state index in [-0.39, 0.29) is 0 Å². The molecule has 1 aromatic heterocycles. The molecule has 4 heteroatoms. The molecule has 0 amide bonds. The zero-order valence-electron chi connectivity index (χ0n) is 10.7. The number of halogens is 1. The largest absolute Gasteiger partial charge is 0.309 e. The molecule has 1 aliphatic heterocycles. The molecule has 2 heterocycles. The van der Waals surface area contributed by atoms with E-state index < -0.39 is 0 Å². The minimum Gasteiger partial charge on any atom is -0.309 e. The second-order valence-electron chi connectivity index (χ2n) is 5.17. The van der Waals surface area contributed by atoms with Gasteiger partial charge in [-0.15, -0.1) is 11.3 Å². The van der Waals surface area contributed by atoms with E-state index in [1.54, 1.807) is 0 Å². The Morgan fingerprint density at radius 1 is 1.41 bits per heavy atom. The molecule has 0 aliphatic carbocycles. The molecule has 2 rings (SSSR count). The highest BCUT2D eigenvalue weighted by Crippen LogP contribution is 2.26. The van der Waals surface area contributed by atoms with Gasteiger partial charge in [-0.3, -0.25) is 4.90 Å². The lowest BCUT2D eigenvalue weighted by Gasteiger charge is -2.33. The first-order valence-corrected chi connectivity index (χ1v) is 7.91. The van der Waals surface area contributed by atoms with Crippen molar-refractivity contribution >= 4 is 27.3 Å². The van der Waals surface area contributed by atoms with Gasteiger partial charge in [0.2, 0.25) is 0 Å². The van der Waals surface area contributed by atoms with Crippen molar-refractivity contribution in [3.63, 3.8) is 0 Å². The Balaban J connectivity index is 1.78. The molecule has 0 saturated carbocycles. The van der Waals surface area contributed by atoms with Crippen LogP contribution in [-0.4, -0.2) is 43.5 Å². The van der Waals surface area contributed by atoms with Crippen molar-refractivity contribution in [2.24, 2.45) is 5.92 Å². The minimum atomic E-state index is 0.896. The Hall–Kier alpha value is 0.100. The number of nitrogens with zero attached hydrogens (tertiary/aromatic N) is 2. The molecular weight excluding hydrogens is 296 g/mol. The van der Waals surface area contributed by atoms with E-state index >= 15 is 0 Å². The zero-order valence-corrected chi connectivity index (χ0v) is 13.1. The van der Waals surface area contributed by atoms with Crippen LogP contribution in [0.4, 0.5) is 0 Å². The highest BCUT2D eigenvalue weighted by molar-refractivity contribution is 9.10. The van der Waals surface area contributed by atoms with Gasteiger partial charge in [-0.25, -0.2) is 0 Å². The Morgan fingerprint density at radius 3 is 2.65 bits per heavy atom. The number of hydrogen-bond donors (Lipinski definition) is 0. The first-order valence-electron chi connectivity index (χ1n) is 6.24. The lowest BCUT2D eigenvalue weighted by Crippen LogP contribution is -2.36. The van der Waals surface area contributed by atoms with Crippen LogP contribution in [0.1, 0.15) is 17.7 Å². The molecule has 17 heavy (non-hydrogen) atoms. The van der Waals surface area contributed by atoms with Crippen LogP contribution in [0, 0.1) is 5.92 Å². The molecule has 96 valence electrons. The van der Waals surface area contributed by atoms with Crippen molar-refractivity contribution in [2.45, 2.75) is 19.4 Å². The van der Waals surface area contributed by atoms with E-state index in [0.717, 1.165) is 12.5 Å². The lowest BCUT2D eigenvalue weighted by atomic mass is 9.96. The summed E-state index contributed by atoms with van der Waals surface area (Å²) >= 11 is 5.47. The lowest BCUT2D eigenvalue weighted by molar-refractivity contribution is 0.157. The van der Waals surface area contributed by atoms with Crippen molar-refractivity contribution in [3.05, 3.63) is 20.8 Å². The first kappa shape index (κ1) is 13.5. The van der Waals surface area contributed by atoms with E-state index in [9.17, 15) is 0 Å². The van der Waals surface area contributed by atoms with Crippen LogP contribution in [0.15, 0.2) is 15.9 Å². The van der Waals surface area contributed by atoms with E-state index in [1.165, 1.54) is 41.8 Å². The monoisotopic (exact) mass is 316 g/mol. The fourth-order valence-electron chi connectivity index (χ4n) is 2.48. The van der Waals surface area contributed by atoms with E-state index in [4.69, 9.17) is 0 Å². The zero-order chi connectivity index (χ0) is 12.3. The van der Waals surface area contributed by atoms with Crippen molar-refractivity contribution in [3.8, 4) is 0 Å². The van der Waals surface area contributed by atoms with Crippen molar-refractivity contribution < 1.29 is 0 Å². The first-order chi connectivity index (χ1) is 8.15.